The molecular formula is C20H21NO4S. The molecule has 1 aliphatic rings. The van der Waals surface area contributed by atoms with Crippen molar-refractivity contribution in [1.29, 1.82) is 5.26 Å². The first-order valence-corrected chi connectivity index (χ1v) is 9.97. The Morgan fingerprint density at radius 3 is 2.31 bits per heavy atom. The van der Waals surface area contributed by atoms with Crippen molar-refractivity contribution in [3.8, 4) is 11.8 Å². The summed E-state index contributed by atoms with van der Waals surface area (Å²) in [6, 6.07) is 17.7. The van der Waals surface area contributed by atoms with Gasteiger partial charge in [0.25, 0.3) is 0 Å². The van der Waals surface area contributed by atoms with Gasteiger partial charge >= 0.3 is 0 Å². The lowest BCUT2D eigenvalue weighted by Crippen LogP contribution is -2.19. The van der Waals surface area contributed by atoms with E-state index in [1.165, 1.54) is 0 Å². The van der Waals surface area contributed by atoms with Gasteiger partial charge in [0, 0.05) is 12.5 Å². The van der Waals surface area contributed by atoms with Crippen LogP contribution in [-0.4, -0.2) is 34.0 Å². The molecule has 0 amide bonds. The van der Waals surface area contributed by atoms with Gasteiger partial charge in [-0.25, -0.2) is 8.42 Å². The summed E-state index contributed by atoms with van der Waals surface area (Å²) in [6.07, 6.45) is 0. The van der Waals surface area contributed by atoms with Crippen LogP contribution in [0.15, 0.2) is 59.5 Å². The Hall–Kier alpha value is -2.36. The van der Waals surface area contributed by atoms with Gasteiger partial charge in [-0.05, 0) is 36.8 Å². The van der Waals surface area contributed by atoms with E-state index in [1.807, 2.05) is 19.1 Å². The average Bonchev–Trinajstić information content (AvgIpc) is 3.37. The van der Waals surface area contributed by atoms with E-state index in [-0.39, 0.29) is 11.5 Å². The van der Waals surface area contributed by atoms with Crippen molar-refractivity contribution in [3.63, 3.8) is 0 Å². The molecule has 1 fully saturated rings. The second-order valence-electron chi connectivity index (χ2n) is 6.32. The van der Waals surface area contributed by atoms with Crippen molar-refractivity contribution >= 4 is 9.84 Å². The first kappa shape index (κ1) is 18.4. The summed E-state index contributed by atoms with van der Waals surface area (Å²) in [7, 11) is -2.09. The van der Waals surface area contributed by atoms with Crippen LogP contribution in [0, 0.1) is 16.7 Å². The van der Waals surface area contributed by atoms with Crippen molar-refractivity contribution in [2.24, 2.45) is 5.41 Å². The van der Waals surface area contributed by atoms with E-state index in [4.69, 9.17) is 9.47 Å². The molecule has 136 valence electrons. The molecule has 0 unspecified atom stereocenters. The summed E-state index contributed by atoms with van der Waals surface area (Å²) in [5, 5.41) is 9.05. The molecule has 0 aliphatic heterocycles. The van der Waals surface area contributed by atoms with Gasteiger partial charge in [-0.1, -0.05) is 30.3 Å². The zero-order chi connectivity index (χ0) is 18.8. The van der Waals surface area contributed by atoms with Crippen LogP contribution >= 0.6 is 0 Å². The largest absolute Gasteiger partial charge is 0.497 e. The highest BCUT2D eigenvalue weighted by atomic mass is 32.2. The van der Waals surface area contributed by atoms with E-state index in [0.717, 1.165) is 5.56 Å². The SMILES string of the molecule is CCOC[C@@]1(C#N)[C@@H](c2ccc(OC)cc2)[C@@H]1S(=O)(=O)c1ccccc1. The highest BCUT2D eigenvalue weighted by molar-refractivity contribution is 7.92. The van der Waals surface area contributed by atoms with Gasteiger partial charge in [0.1, 0.15) is 11.2 Å². The molecule has 0 aromatic heterocycles. The Morgan fingerprint density at radius 2 is 1.77 bits per heavy atom. The molecule has 0 N–H and O–H groups in total. The molecule has 3 atom stereocenters. The molecule has 5 nitrogen and oxygen atoms in total. The van der Waals surface area contributed by atoms with Gasteiger partial charge in [0.15, 0.2) is 9.84 Å². The third-order valence-electron chi connectivity index (χ3n) is 4.89. The first-order chi connectivity index (χ1) is 12.5. The van der Waals surface area contributed by atoms with E-state index in [1.54, 1.807) is 49.6 Å². The average molecular weight is 371 g/mol. The summed E-state index contributed by atoms with van der Waals surface area (Å²) in [5.41, 5.74) is -0.282. The number of sulfone groups is 1. The van der Waals surface area contributed by atoms with E-state index in [0.29, 0.717) is 12.4 Å². The molecule has 3 rings (SSSR count). The van der Waals surface area contributed by atoms with Crippen LogP contribution in [0.3, 0.4) is 0 Å². The standard InChI is InChI=1S/C20H21NO4S/c1-3-25-14-20(13-21)18(15-9-11-16(24-2)12-10-15)19(20)26(22,23)17-7-5-4-6-8-17/h4-12,18-19H,3,14H2,1-2H3/t18-,19-,20-/m0/s1. The number of benzene rings is 2. The number of methoxy groups -OCH3 is 1. The van der Waals surface area contributed by atoms with Gasteiger partial charge in [-0.3, -0.25) is 0 Å². The quantitative estimate of drug-likeness (QED) is 0.747. The Balaban J connectivity index is 2.04. The number of hydrogen-bond donors (Lipinski definition) is 0. The van der Waals surface area contributed by atoms with Crippen LogP contribution in [-0.2, 0) is 14.6 Å². The van der Waals surface area contributed by atoms with Crippen molar-refractivity contribution < 1.29 is 17.9 Å². The summed E-state index contributed by atoms with van der Waals surface area (Å²) >= 11 is 0. The zero-order valence-electron chi connectivity index (χ0n) is 14.8. The van der Waals surface area contributed by atoms with Crippen molar-refractivity contribution in [2.75, 3.05) is 20.3 Å². The maximum absolute atomic E-state index is 13.2. The highest BCUT2D eigenvalue weighted by Crippen LogP contribution is 2.64. The number of ether oxygens (including phenoxy) is 2. The minimum Gasteiger partial charge on any atom is -0.497 e. The number of hydrogen-bond acceptors (Lipinski definition) is 5. The second kappa shape index (κ2) is 7.10. The molecule has 2 aromatic carbocycles. The Bertz CT molecular complexity index is 903. The van der Waals surface area contributed by atoms with Crippen LogP contribution in [0.4, 0.5) is 0 Å². The summed E-state index contributed by atoms with van der Waals surface area (Å²) in [5.74, 6) is 0.249. The molecule has 1 saturated carbocycles. The van der Waals surface area contributed by atoms with Gasteiger partial charge in [-0.2, -0.15) is 5.26 Å². The normalized spacial score (nSPS) is 24.7. The number of nitriles is 1. The molecule has 1 aliphatic carbocycles. The Morgan fingerprint density at radius 1 is 1.12 bits per heavy atom. The Kier molecular flexibility index (Phi) is 5.03. The van der Waals surface area contributed by atoms with E-state index in [9.17, 15) is 13.7 Å². The van der Waals surface area contributed by atoms with Crippen LogP contribution in [0.25, 0.3) is 0 Å². The predicted octanol–water partition coefficient (Wildman–Crippen LogP) is 3.18. The molecule has 6 heteroatoms. The highest BCUT2D eigenvalue weighted by Gasteiger charge is 2.72. The van der Waals surface area contributed by atoms with E-state index >= 15 is 0 Å². The van der Waals surface area contributed by atoms with E-state index in [2.05, 4.69) is 6.07 Å². The molecule has 0 radical (unpaired) electrons. The van der Waals surface area contributed by atoms with Crippen molar-refractivity contribution in [2.45, 2.75) is 23.0 Å². The maximum Gasteiger partial charge on any atom is 0.183 e. The predicted molar refractivity (Wildman–Crippen MR) is 97.7 cm³/mol. The van der Waals surface area contributed by atoms with E-state index < -0.39 is 26.4 Å². The van der Waals surface area contributed by atoms with Crippen LogP contribution in [0.5, 0.6) is 5.75 Å². The van der Waals surface area contributed by atoms with Gasteiger partial charge in [-0.15, -0.1) is 0 Å². The lowest BCUT2D eigenvalue weighted by atomic mass is 10.0. The minimum atomic E-state index is -3.66. The fourth-order valence-electron chi connectivity index (χ4n) is 3.51. The second-order valence-corrected chi connectivity index (χ2v) is 8.39. The topological polar surface area (TPSA) is 76.4 Å². The molecule has 2 aromatic rings. The number of rotatable bonds is 7. The van der Waals surface area contributed by atoms with Gasteiger partial charge in [0.05, 0.1) is 29.9 Å². The van der Waals surface area contributed by atoms with Gasteiger partial charge < -0.3 is 9.47 Å². The van der Waals surface area contributed by atoms with Crippen LogP contribution in [0.1, 0.15) is 18.4 Å². The summed E-state index contributed by atoms with van der Waals surface area (Å²) < 4.78 is 37.1. The molecule has 0 spiro atoms. The first-order valence-electron chi connectivity index (χ1n) is 8.43. The maximum atomic E-state index is 13.2. The fourth-order valence-corrected chi connectivity index (χ4v) is 5.84. The summed E-state index contributed by atoms with van der Waals surface area (Å²) in [6.45, 7) is 2.35. The third-order valence-corrected chi connectivity index (χ3v) is 7.18. The van der Waals surface area contributed by atoms with Gasteiger partial charge in [0.2, 0.25) is 0 Å². The molecule has 26 heavy (non-hydrogen) atoms. The summed E-state index contributed by atoms with van der Waals surface area (Å²) in [4.78, 5) is 0.233. The monoisotopic (exact) mass is 371 g/mol. The molecule has 0 heterocycles. The van der Waals surface area contributed by atoms with Crippen molar-refractivity contribution in [1.82, 2.24) is 0 Å². The van der Waals surface area contributed by atoms with Crippen LogP contribution in [0.2, 0.25) is 0 Å². The molecular weight excluding hydrogens is 350 g/mol. The third kappa shape index (κ3) is 2.98. The fraction of sp³-hybridized carbons (Fsp3) is 0.350. The zero-order valence-corrected chi connectivity index (χ0v) is 15.6. The lowest BCUT2D eigenvalue weighted by Gasteiger charge is -2.09. The Labute approximate surface area is 154 Å². The van der Waals surface area contributed by atoms with Crippen LogP contribution < -0.4 is 4.74 Å². The smallest absolute Gasteiger partial charge is 0.183 e. The number of nitrogens with zero attached hydrogens (tertiary/aromatic N) is 1. The van der Waals surface area contributed by atoms with Crippen molar-refractivity contribution in [3.05, 3.63) is 60.2 Å². The molecule has 0 bridgehead atoms. The lowest BCUT2D eigenvalue weighted by molar-refractivity contribution is 0.117. The molecule has 0 saturated heterocycles. The minimum absolute atomic E-state index is 0.0907.